The summed E-state index contributed by atoms with van der Waals surface area (Å²) in [7, 11) is 0. The molecule has 11 aromatic rings. The minimum atomic E-state index is -0.273. The van der Waals surface area contributed by atoms with Crippen LogP contribution in [-0.2, 0) is 10.8 Å². The molecule has 0 atom stereocenters. The molecule has 0 fully saturated rings. The Morgan fingerprint density at radius 1 is 0.234 bits per heavy atom. The summed E-state index contributed by atoms with van der Waals surface area (Å²) < 4.78 is 0. The molecule has 0 N–H and O–H groups in total. The summed E-state index contributed by atoms with van der Waals surface area (Å²) in [5.41, 5.74) is 31.7. The summed E-state index contributed by atoms with van der Waals surface area (Å²) in [6.07, 6.45) is 19.2. The quantitative estimate of drug-likeness (QED) is 0.0624. The van der Waals surface area contributed by atoms with Crippen LogP contribution in [0.5, 0.6) is 0 Å². The van der Waals surface area contributed by atoms with Gasteiger partial charge in [0.25, 0.3) is 0 Å². The molecule has 0 spiro atoms. The first-order valence-corrected chi connectivity index (χ1v) is 35.3. The van der Waals surface area contributed by atoms with E-state index >= 15 is 0 Å². The van der Waals surface area contributed by atoms with Crippen molar-refractivity contribution in [2.24, 2.45) is 0 Å². The van der Waals surface area contributed by atoms with Crippen LogP contribution in [0.15, 0.2) is 255 Å². The summed E-state index contributed by atoms with van der Waals surface area (Å²) >= 11 is 0. The lowest BCUT2D eigenvalue weighted by Crippen LogP contribution is -2.28. The fraction of sp³-hybridized carbons (Fsp3) is 0.283. The average molecular weight is 1230 g/mol. The number of fused-ring (bicyclic) bond motifs is 6. The lowest BCUT2D eigenvalue weighted by molar-refractivity contribution is 0.397. The number of nitrogens with zero attached hydrogens (tertiary/aromatic N) is 2. The predicted molar refractivity (Wildman–Crippen MR) is 406 cm³/mol. The molecule has 0 aromatic heterocycles. The van der Waals surface area contributed by atoms with Crippen molar-refractivity contribution in [3.63, 3.8) is 0 Å². The lowest BCUT2D eigenvalue weighted by Gasteiger charge is -2.34. The first kappa shape index (κ1) is 66.5. The molecule has 0 saturated heterocycles. The number of hydrogen-bond donors (Lipinski definition) is 0. The minimum absolute atomic E-state index is 0.234. The summed E-state index contributed by atoms with van der Waals surface area (Å²) in [4.78, 5) is 4.62. The van der Waals surface area contributed by atoms with Crippen molar-refractivity contribution in [3.05, 3.63) is 333 Å². The Morgan fingerprint density at radius 2 is 0.468 bits per heavy atom. The normalized spacial score (nSPS) is 12.7. The fourth-order valence-electron chi connectivity index (χ4n) is 14.9. The maximum Gasteiger partial charge on any atom is 0.0713 e. The maximum absolute atomic E-state index is 2.53. The molecule has 13 rings (SSSR count). The Hall–Kier alpha value is -8.98. The van der Waals surface area contributed by atoms with Gasteiger partial charge in [-0.2, -0.15) is 0 Å². The van der Waals surface area contributed by atoms with E-state index in [4.69, 9.17) is 0 Å². The molecule has 2 nitrogen and oxygen atoms in total. The number of benzene rings is 11. The van der Waals surface area contributed by atoms with Gasteiger partial charge in [0, 0.05) is 39.5 Å². The van der Waals surface area contributed by atoms with E-state index in [0.717, 1.165) is 34.1 Å². The van der Waals surface area contributed by atoms with Gasteiger partial charge >= 0.3 is 0 Å². The fourth-order valence-corrected chi connectivity index (χ4v) is 14.9. The first-order chi connectivity index (χ1) is 45.8. The monoisotopic (exact) mass is 1230 g/mol. The maximum atomic E-state index is 2.53. The van der Waals surface area contributed by atoms with E-state index in [9.17, 15) is 0 Å². The third-order valence-corrected chi connectivity index (χ3v) is 20.0. The van der Waals surface area contributed by atoms with Crippen molar-refractivity contribution in [1.82, 2.24) is 0 Å². The van der Waals surface area contributed by atoms with Crippen molar-refractivity contribution < 1.29 is 0 Å². The van der Waals surface area contributed by atoms with Gasteiger partial charge in [0.15, 0.2) is 0 Å². The smallest absolute Gasteiger partial charge is 0.0713 e. The van der Waals surface area contributed by atoms with Crippen molar-refractivity contribution >= 4 is 34.1 Å². The van der Waals surface area contributed by atoms with E-state index in [-0.39, 0.29) is 10.8 Å². The van der Waals surface area contributed by atoms with E-state index in [1.165, 1.54) is 179 Å². The number of unbranched alkanes of at least 4 members (excludes halogenated alkanes) is 10. The molecule has 0 heterocycles. The topological polar surface area (TPSA) is 6.48 Å². The molecule has 0 saturated carbocycles. The Morgan fingerprint density at radius 3 is 0.755 bits per heavy atom. The summed E-state index contributed by atoms with van der Waals surface area (Å²) in [5, 5.41) is 0. The van der Waals surface area contributed by atoms with Crippen LogP contribution in [0.2, 0.25) is 0 Å². The van der Waals surface area contributed by atoms with Gasteiger partial charge in [0.05, 0.1) is 5.41 Å². The Labute approximate surface area is 565 Å². The molecule has 11 aromatic carbocycles. The number of anilines is 6. The predicted octanol–water partition coefficient (Wildman–Crippen LogP) is 26.6. The lowest BCUT2D eigenvalue weighted by atomic mass is 9.67. The van der Waals surface area contributed by atoms with E-state index in [0.29, 0.717) is 0 Å². The molecule has 2 heteroatoms. The van der Waals surface area contributed by atoms with Crippen molar-refractivity contribution in [3.8, 4) is 22.3 Å². The molecular weight excluding hydrogens is 1130 g/mol. The van der Waals surface area contributed by atoms with Gasteiger partial charge in [-0.05, 0) is 197 Å². The zero-order valence-corrected chi connectivity index (χ0v) is 58.0. The van der Waals surface area contributed by atoms with Gasteiger partial charge in [0.1, 0.15) is 0 Å². The highest BCUT2D eigenvalue weighted by atomic mass is 15.2. The zero-order chi connectivity index (χ0) is 65.6. The molecule has 0 aliphatic heterocycles. The van der Waals surface area contributed by atoms with Crippen LogP contribution >= 0.6 is 0 Å². The average Bonchev–Trinajstić information content (AvgIpc) is 1.54. The Balaban J connectivity index is 0.000000145. The van der Waals surface area contributed by atoms with Crippen molar-refractivity contribution in [2.45, 2.75) is 170 Å². The molecule has 94 heavy (non-hydrogen) atoms. The molecule has 2 aliphatic rings. The first-order valence-electron chi connectivity index (χ1n) is 35.3. The van der Waals surface area contributed by atoms with Gasteiger partial charge in [0.2, 0.25) is 0 Å². The zero-order valence-electron chi connectivity index (χ0n) is 58.0. The van der Waals surface area contributed by atoms with Gasteiger partial charge in [-0.15, -0.1) is 0 Å². The summed E-state index contributed by atoms with van der Waals surface area (Å²) in [5.74, 6) is 0. The van der Waals surface area contributed by atoms with Crippen LogP contribution in [0, 0.1) is 55.4 Å². The third-order valence-electron chi connectivity index (χ3n) is 20.0. The largest absolute Gasteiger partial charge is 0.311 e. The second-order valence-electron chi connectivity index (χ2n) is 27.3. The second-order valence-corrected chi connectivity index (χ2v) is 27.3. The summed E-state index contributed by atoms with van der Waals surface area (Å²) in [6, 6.07) is 93.9. The van der Waals surface area contributed by atoms with Crippen LogP contribution in [0.25, 0.3) is 22.3 Å². The standard InChI is InChI=1S/C34H32N2.C31H46.C27H22/c1-25-5-13-29(14-6-25)35(30-15-7-26(2)8-16-30)33-21-23-34(24-22-33)36(31-17-9-27(3)10-18-31)32-19-11-28(4)12-20-32;1-5-7-9-11-13-15-21-31(22-16-14-12-10-8-6-2)29-23-25(3)17-19-27(29)28-20-18-26(4)24-30(28)31;1-19-13-15-23-24-16-14-20(2)18-26(24)27(25(23)17-19,21-9-5-3-6-10-21)22-11-7-4-8-12-22/h5-24H,1-4H3;17-20,23-24H,5-16,21-22H2,1-4H3;3-18H,1-2H3. The number of hydrogen-bond acceptors (Lipinski definition) is 2. The Bertz CT molecular complexity index is 3850. The Kier molecular flexibility index (Phi) is 21.8. The van der Waals surface area contributed by atoms with Crippen LogP contribution < -0.4 is 9.80 Å². The SMILES string of the molecule is CCCCCCCCC1(CCCCCCCC)c2cc(C)ccc2-c2ccc(C)cc21.Cc1ccc(N(c2ccc(C)cc2)c2ccc(N(c3ccc(C)cc3)c3ccc(C)cc3)cc2)cc1.Cc1ccc2c(c1)C(c1ccccc1)(c1ccccc1)c1cc(C)ccc1-2. The molecular formula is C92H100N2. The van der Waals surface area contributed by atoms with E-state index in [2.05, 4.69) is 334 Å². The third kappa shape index (κ3) is 14.7. The minimum Gasteiger partial charge on any atom is -0.311 e. The molecule has 0 amide bonds. The van der Waals surface area contributed by atoms with E-state index < -0.39 is 0 Å². The number of aryl methyl sites for hydroxylation is 8. The van der Waals surface area contributed by atoms with Gasteiger partial charge in [-0.1, -0.05) is 317 Å². The van der Waals surface area contributed by atoms with Crippen molar-refractivity contribution in [2.75, 3.05) is 9.80 Å². The number of rotatable bonds is 22. The van der Waals surface area contributed by atoms with E-state index in [1.807, 2.05) is 0 Å². The van der Waals surface area contributed by atoms with E-state index in [1.54, 1.807) is 11.1 Å². The van der Waals surface area contributed by atoms with Crippen LogP contribution in [0.3, 0.4) is 0 Å². The molecule has 2 aliphatic carbocycles. The molecule has 0 bridgehead atoms. The molecule has 478 valence electrons. The van der Waals surface area contributed by atoms with Crippen LogP contribution in [0.1, 0.15) is 182 Å². The van der Waals surface area contributed by atoms with Crippen LogP contribution in [-0.4, -0.2) is 0 Å². The second kappa shape index (κ2) is 30.8. The molecule has 0 radical (unpaired) electrons. The summed E-state index contributed by atoms with van der Waals surface area (Å²) in [6.45, 7) is 22.0. The van der Waals surface area contributed by atoms with Gasteiger partial charge < -0.3 is 9.80 Å². The highest BCUT2D eigenvalue weighted by Crippen LogP contribution is 2.57. The van der Waals surface area contributed by atoms with Gasteiger partial charge in [-0.25, -0.2) is 0 Å². The highest BCUT2D eigenvalue weighted by molar-refractivity contribution is 5.87. The highest BCUT2D eigenvalue weighted by Gasteiger charge is 2.46. The van der Waals surface area contributed by atoms with Crippen molar-refractivity contribution in [1.29, 1.82) is 0 Å². The van der Waals surface area contributed by atoms with Crippen LogP contribution in [0.4, 0.5) is 34.1 Å². The molecule has 0 unspecified atom stereocenters. The van der Waals surface area contributed by atoms with Gasteiger partial charge in [-0.3, -0.25) is 0 Å².